The molecular weight excluding hydrogens is 1130 g/mol. The molecule has 0 amide bonds. The van der Waals surface area contributed by atoms with Gasteiger partial charge >= 0.3 is 5.97 Å². The second-order valence-corrected chi connectivity index (χ2v) is 23.5. The van der Waals surface area contributed by atoms with Crippen molar-refractivity contribution in [1.29, 1.82) is 0 Å². The van der Waals surface area contributed by atoms with E-state index < -0.39 is 80.7 Å². The Labute approximate surface area is 490 Å². The molecule has 0 N–H and O–H groups in total. The smallest absolute Gasteiger partial charge is 0.341 e. The average molecular weight is 1190 g/mol. The number of benzene rings is 6. The highest BCUT2D eigenvalue weighted by Crippen LogP contribution is 2.52. The number of esters is 1. The first-order valence-electron chi connectivity index (χ1n) is 29.1. The number of carbonyl (C=O) groups excluding carboxylic acids is 2. The van der Waals surface area contributed by atoms with E-state index in [-0.39, 0.29) is 31.0 Å². The third kappa shape index (κ3) is 8.28. The highest BCUT2D eigenvalue weighted by atomic mass is 35.5. The lowest BCUT2D eigenvalue weighted by atomic mass is 9.81. The molecule has 0 saturated heterocycles. The van der Waals surface area contributed by atoms with E-state index in [0.717, 1.165) is 216 Å². The van der Waals surface area contributed by atoms with Gasteiger partial charge in [-0.05, 0) is 112 Å². The molecule has 16 rings (SSSR count). The van der Waals surface area contributed by atoms with Crippen LogP contribution in [-0.4, -0.2) is 71.4 Å². The van der Waals surface area contributed by atoms with Crippen LogP contribution in [0.1, 0.15) is 146 Å². The van der Waals surface area contributed by atoms with E-state index in [9.17, 15) is 27.9 Å². The summed E-state index contributed by atoms with van der Waals surface area (Å²) in [5.41, 5.74) is 7.37. The van der Waals surface area contributed by atoms with Crippen LogP contribution < -0.4 is 67.1 Å². The Morgan fingerprint density at radius 1 is 0.471 bits per heavy atom. The summed E-state index contributed by atoms with van der Waals surface area (Å²) in [6.45, 7) is 7.30. The SMILES string of the molecule is C.COC(=O)c1c(F)c(F)c(F)c(F)c1C1=c2cc3c4c(c2Oc2c1cc1c5c2CCCN5CCC1)CCC[N+]=4CCC3.O=C([O-])c1c(F)c(F)c(F)c(F)c1C1=c2cc3c4c(c2Oc2c1cc1c5c2CCCN5CCC1)CCC[N+]=4CCC3.[Cl-]. The number of carboxylic acid groups (broad SMARTS) is 1. The molecule has 10 nitrogen and oxygen atoms in total. The maximum Gasteiger partial charge on any atom is 0.341 e. The second-order valence-electron chi connectivity index (χ2n) is 23.5. The Kier molecular flexibility index (Phi) is 14.1. The van der Waals surface area contributed by atoms with E-state index in [1.165, 1.54) is 0 Å². The van der Waals surface area contributed by atoms with Crippen molar-refractivity contribution in [3.05, 3.63) is 170 Å². The molecular formula is C66H59ClF8N4O6. The van der Waals surface area contributed by atoms with Crippen LogP contribution in [0.4, 0.5) is 46.5 Å². The number of rotatable bonds is 4. The van der Waals surface area contributed by atoms with Gasteiger partial charge < -0.3 is 46.3 Å². The molecule has 6 aromatic rings. The van der Waals surface area contributed by atoms with Gasteiger partial charge in [0, 0.05) is 135 Å². The lowest BCUT2D eigenvalue weighted by molar-refractivity contribution is -0.255. The van der Waals surface area contributed by atoms with Crippen molar-refractivity contribution < 1.29 is 76.4 Å². The van der Waals surface area contributed by atoms with Gasteiger partial charge in [0.15, 0.2) is 46.5 Å². The standard InChI is InChI=1S/C33H29F4N2O3.C32H26F4N2O3.CH4.ClH/c1-41-33(40)24-23(25(34)27(36)28(37)26(24)35)22-20-14-16-6-2-10-38-12-4-8-18(29(16)38)31(20)42-32-19-9-5-13-39-11-3-7-17(30(19)39)15-21(22)32;33-24-22(23(32(39)40)25(34)27(36)26(24)35)21-19-13-15-5-1-9-37-11-3-7-17(28(15)37)30(19)41-31-18-8-4-12-38-10-2-6-16(29(18)38)14-20(21)31;;/h14-15H,2-13H2,1H3;13-14H,1-12H2;1H4;1H/q+1;;;/p-1. The van der Waals surface area contributed by atoms with E-state index in [1.54, 1.807) is 0 Å². The van der Waals surface area contributed by atoms with Gasteiger partial charge in [-0.15, -0.1) is 0 Å². The number of carboxylic acids is 1. The zero-order valence-electron chi connectivity index (χ0n) is 45.9. The summed E-state index contributed by atoms with van der Waals surface area (Å²) in [5, 5.41) is 15.3. The number of aryl methyl sites for hydroxylation is 4. The number of aromatic carboxylic acids is 1. The molecule has 0 spiro atoms. The van der Waals surface area contributed by atoms with E-state index in [0.29, 0.717) is 57.4 Å². The summed E-state index contributed by atoms with van der Waals surface area (Å²) in [5.74, 6) is -16.8. The highest BCUT2D eigenvalue weighted by molar-refractivity contribution is 6.01. The summed E-state index contributed by atoms with van der Waals surface area (Å²) in [4.78, 5) is 29.9. The second kappa shape index (κ2) is 21.2. The van der Waals surface area contributed by atoms with Crippen LogP contribution in [-0.2, 0) is 56.1 Å². The third-order valence-corrected chi connectivity index (χ3v) is 19.0. The molecule has 10 heterocycles. The molecule has 0 saturated carbocycles. The molecule has 0 aliphatic carbocycles. The average Bonchev–Trinajstić information content (AvgIpc) is 1.80. The van der Waals surface area contributed by atoms with Gasteiger partial charge in [-0.2, -0.15) is 0 Å². The first kappa shape index (κ1) is 56.6. The summed E-state index contributed by atoms with van der Waals surface area (Å²) >= 11 is 0. The number of ether oxygens (including phenoxy) is 3. The van der Waals surface area contributed by atoms with Crippen LogP contribution in [0.25, 0.3) is 11.1 Å². The molecule has 85 heavy (non-hydrogen) atoms. The molecule has 0 bridgehead atoms. The van der Waals surface area contributed by atoms with Gasteiger partial charge in [0.25, 0.3) is 0 Å². The Balaban J connectivity index is 0.000000155. The Morgan fingerprint density at radius 3 is 1.26 bits per heavy atom. The summed E-state index contributed by atoms with van der Waals surface area (Å²) in [6, 6.07) is 7.53. The van der Waals surface area contributed by atoms with Crippen molar-refractivity contribution >= 4 is 34.5 Å². The van der Waals surface area contributed by atoms with E-state index in [1.807, 2.05) is 24.3 Å². The van der Waals surface area contributed by atoms with E-state index in [2.05, 4.69) is 19.0 Å². The molecule has 10 aliphatic heterocycles. The molecule has 442 valence electrons. The van der Waals surface area contributed by atoms with Gasteiger partial charge in [0.1, 0.15) is 54.7 Å². The molecule has 0 aromatic heterocycles. The van der Waals surface area contributed by atoms with Crippen molar-refractivity contribution in [1.82, 2.24) is 9.15 Å². The van der Waals surface area contributed by atoms with Crippen molar-refractivity contribution in [2.45, 2.75) is 110 Å². The first-order chi connectivity index (χ1) is 40.2. The lowest BCUT2D eigenvalue weighted by Gasteiger charge is -2.39. The quantitative estimate of drug-likeness (QED) is 0.0787. The number of hydrogen-bond acceptors (Lipinski definition) is 8. The van der Waals surface area contributed by atoms with Gasteiger partial charge in [-0.25, -0.2) is 49.1 Å². The maximum atomic E-state index is 16.1. The minimum atomic E-state index is -2.18. The fourth-order valence-corrected chi connectivity index (χ4v) is 15.8. The van der Waals surface area contributed by atoms with Crippen LogP contribution in [0.15, 0.2) is 24.3 Å². The van der Waals surface area contributed by atoms with Gasteiger partial charge in [-0.1, -0.05) is 7.43 Å². The molecule has 6 aromatic carbocycles. The van der Waals surface area contributed by atoms with Crippen LogP contribution in [0.5, 0.6) is 23.0 Å². The van der Waals surface area contributed by atoms with Gasteiger partial charge in [0.05, 0.1) is 24.2 Å². The fourth-order valence-electron chi connectivity index (χ4n) is 15.8. The fraction of sp³-hybridized carbons (Fsp3) is 0.394. The Bertz CT molecular complexity index is 4290. The molecule has 10 aliphatic rings. The number of nitrogens with zero attached hydrogens (tertiary/aromatic N) is 4. The van der Waals surface area contributed by atoms with Gasteiger partial charge in [-0.3, -0.25) is 0 Å². The Morgan fingerprint density at radius 2 is 0.835 bits per heavy atom. The number of fused-ring (bicyclic) bond motifs is 8. The molecule has 0 radical (unpaired) electrons. The monoisotopic (exact) mass is 1190 g/mol. The Hall–Kier alpha value is -7.47. The zero-order valence-corrected chi connectivity index (χ0v) is 46.7. The molecule has 0 unspecified atom stereocenters. The minimum absolute atomic E-state index is 0. The van der Waals surface area contributed by atoms with Crippen LogP contribution >= 0.6 is 0 Å². The number of carbonyl (C=O) groups is 2. The van der Waals surface area contributed by atoms with Crippen molar-refractivity contribution in [2.24, 2.45) is 0 Å². The van der Waals surface area contributed by atoms with Crippen LogP contribution in [0.2, 0.25) is 0 Å². The van der Waals surface area contributed by atoms with Gasteiger partial charge in [0.2, 0.25) is 10.7 Å². The van der Waals surface area contributed by atoms with E-state index in [4.69, 9.17) is 14.2 Å². The molecule has 19 heteroatoms. The molecule has 0 atom stereocenters. The largest absolute Gasteiger partial charge is 1.00 e. The summed E-state index contributed by atoms with van der Waals surface area (Å²) in [7, 11) is 1.01. The van der Waals surface area contributed by atoms with Crippen LogP contribution in [0, 0.1) is 46.5 Å². The third-order valence-electron chi connectivity index (χ3n) is 19.0. The topological polar surface area (TPSA) is 97.4 Å². The van der Waals surface area contributed by atoms with E-state index >= 15 is 22.0 Å². The number of hydrogen-bond donors (Lipinski definition) is 0. The predicted molar refractivity (Wildman–Crippen MR) is 296 cm³/mol. The normalized spacial score (nSPS) is 17.8. The summed E-state index contributed by atoms with van der Waals surface area (Å²) < 4.78 is 145. The predicted octanol–water partition coefficient (Wildman–Crippen LogP) is 5.15. The number of halogens is 9. The maximum absolute atomic E-state index is 16.1. The number of methoxy groups -OCH3 is 1. The van der Waals surface area contributed by atoms with Crippen molar-refractivity contribution in [2.75, 3.05) is 69.3 Å². The first-order valence-corrected chi connectivity index (χ1v) is 29.1. The number of anilines is 2. The van der Waals surface area contributed by atoms with Crippen LogP contribution in [0.3, 0.4) is 0 Å². The molecule has 0 fully saturated rings. The lowest BCUT2D eigenvalue weighted by Crippen LogP contribution is -3.00. The highest BCUT2D eigenvalue weighted by Gasteiger charge is 2.42. The zero-order chi connectivity index (χ0) is 57.0. The minimum Gasteiger partial charge on any atom is -1.00 e. The van der Waals surface area contributed by atoms with Crippen molar-refractivity contribution in [3.63, 3.8) is 0 Å². The van der Waals surface area contributed by atoms with Crippen molar-refractivity contribution in [3.8, 4) is 23.0 Å². The summed E-state index contributed by atoms with van der Waals surface area (Å²) in [6.07, 6.45) is 13.2.